The predicted molar refractivity (Wildman–Crippen MR) is 113 cm³/mol. The van der Waals surface area contributed by atoms with Gasteiger partial charge in [-0.05, 0) is 38.8 Å². The van der Waals surface area contributed by atoms with Gasteiger partial charge < -0.3 is 15.5 Å². The van der Waals surface area contributed by atoms with Crippen LogP contribution < -0.4 is 10.6 Å². The maximum atomic E-state index is 12.7. The number of nitrogens with one attached hydrogen (secondary N) is 2. The molecule has 2 rings (SSSR count). The molecule has 5 heteroatoms. The van der Waals surface area contributed by atoms with Crippen LogP contribution in [0, 0.1) is 0 Å². The zero-order chi connectivity index (χ0) is 20.6. The van der Waals surface area contributed by atoms with Crippen LogP contribution in [0.25, 0.3) is 0 Å². The predicted octanol–water partition coefficient (Wildman–Crippen LogP) is 4.26. The Hall–Kier alpha value is -2.82. The van der Waals surface area contributed by atoms with Crippen LogP contribution in [0.5, 0.6) is 0 Å². The summed E-state index contributed by atoms with van der Waals surface area (Å²) in [6.07, 6.45) is 0.252. The van der Waals surface area contributed by atoms with E-state index in [-0.39, 0.29) is 29.9 Å². The molecule has 0 spiro atoms. The van der Waals surface area contributed by atoms with Gasteiger partial charge in [-0.2, -0.15) is 0 Å². The van der Waals surface area contributed by atoms with Gasteiger partial charge in [0.05, 0.1) is 6.04 Å². The highest BCUT2D eigenvalue weighted by Crippen LogP contribution is 2.12. The Balaban J connectivity index is 1.97. The van der Waals surface area contributed by atoms with Crippen molar-refractivity contribution in [2.45, 2.75) is 52.2 Å². The van der Waals surface area contributed by atoms with E-state index in [4.69, 9.17) is 0 Å². The molecule has 0 aliphatic heterocycles. The molecule has 2 aromatic rings. The van der Waals surface area contributed by atoms with Crippen molar-refractivity contribution >= 4 is 11.9 Å². The second-order valence-corrected chi connectivity index (χ2v) is 8.04. The SMILES string of the molecule is CC(NC(=O)CCN(Cc1ccccc1)C(=O)NC(C)(C)C)c1ccccc1. The van der Waals surface area contributed by atoms with E-state index in [1.807, 2.05) is 88.4 Å². The molecule has 2 aromatic carbocycles. The number of rotatable bonds is 7. The van der Waals surface area contributed by atoms with Crippen LogP contribution in [0.2, 0.25) is 0 Å². The number of carbonyl (C=O) groups is 2. The van der Waals surface area contributed by atoms with Gasteiger partial charge in [-0.15, -0.1) is 0 Å². The van der Waals surface area contributed by atoms with Crippen LogP contribution in [0.15, 0.2) is 60.7 Å². The highest BCUT2D eigenvalue weighted by atomic mass is 16.2. The third kappa shape index (κ3) is 7.43. The number of carbonyl (C=O) groups excluding carboxylic acids is 2. The first-order valence-corrected chi connectivity index (χ1v) is 9.70. The van der Waals surface area contributed by atoms with Crippen molar-refractivity contribution in [1.82, 2.24) is 15.5 Å². The van der Waals surface area contributed by atoms with E-state index in [1.54, 1.807) is 4.90 Å². The van der Waals surface area contributed by atoms with Crippen molar-refractivity contribution in [2.24, 2.45) is 0 Å². The highest BCUT2D eigenvalue weighted by Gasteiger charge is 2.21. The monoisotopic (exact) mass is 381 g/mol. The second-order valence-electron chi connectivity index (χ2n) is 8.04. The number of hydrogen-bond donors (Lipinski definition) is 2. The van der Waals surface area contributed by atoms with Crippen molar-refractivity contribution in [3.8, 4) is 0 Å². The maximum absolute atomic E-state index is 12.7. The lowest BCUT2D eigenvalue weighted by atomic mass is 10.1. The van der Waals surface area contributed by atoms with Gasteiger partial charge >= 0.3 is 6.03 Å². The minimum atomic E-state index is -0.337. The minimum absolute atomic E-state index is 0.0697. The third-order valence-corrected chi connectivity index (χ3v) is 4.27. The summed E-state index contributed by atoms with van der Waals surface area (Å²) in [5, 5.41) is 5.99. The zero-order valence-electron chi connectivity index (χ0n) is 17.2. The summed E-state index contributed by atoms with van der Waals surface area (Å²) in [7, 11) is 0. The molecule has 0 bridgehead atoms. The fraction of sp³-hybridized carbons (Fsp3) is 0.391. The van der Waals surface area contributed by atoms with Gasteiger partial charge in [0, 0.05) is 25.0 Å². The van der Waals surface area contributed by atoms with E-state index in [0.717, 1.165) is 11.1 Å². The van der Waals surface area contributed by atoms with Crippen molar-refractivity contribution in [3.63, 3.8) is 0 Å². The first-order chi connectivity index (χ1) is 13.2. The lowest BCUT2D eigenvalue weighted by Gasteiger charge is -2.28. The lowest BCUT2D eigenvalue weighted by Crippen LogP contribution is -2.49. The molecule has 150 valence electrons. The van der Waals surface area contributed by atoms with E-state index in [2.05, 4.69) is 10.6 Å². The quantitative estimate of drug-likeness (QED) is 0.753. The van der Waals surface area contributed by atoms with E-state index in [9.17, 15) is 9.59 Å². The van der Waals surface area contributed by atoms with Crippen LogP contribution in [0.4, 0.5) is 4.79 Å². The van der Waals surface area contributed by atoms with Crippen molar-refractivity contribution < 1.29 is 9.59 Å². The van der Waals surface area contributed by atoms with Crippen molar-refractivity contribution in [1.29, 1.82) is 0 Å². The molecule has 0 aromatic heterocycles. The lowest BCUT2D eigenvalue weighted by molar-refractivity contribution is -0.121. The number of benzene rings is 2. The van der Waals surface area contributed by atoms with Gasteiger partial charge in [-0.3, -0.25) is 4.79 Å². The Bertz CT molecular complexity index is 754. The van der Waals surface area contributed by atoms with Gasteiger partial charge in [-0.1, -0.05) is 60.7 Å². The van der Waals surface area contributed by atoms with Gasteiger partial charge in [0.15, 0.2) is 0 Å². The van der Waals surface area contributed by atoms with Crippen LogP contribution in [-0.2, 0) is 11.3 Å². The first kappa shape index (κ1) is 21.5. The molecule has 0 heterocycles. The summed E-state index contributed by atoms with van der Waals surface area (Å²) in [5.74, 6) is -0.0713. The van der Waals surface area contributed by atoms with Gasteiger partial charge in [0.2, 0.25) is 5.91 Å². The molecule has 0 saturated carbocycles. The molecule has 28 heavy (non-hydrogen) atoms. The normalized spacial score (nSPS) is 12.1. The molecule has 0 saturated heterocycles. The maximum Gasteiger partial charge on any atom is 0.318 e. The largest absolute Gasteiger partial charge is 0.350 e. The standard InChI is InChI=1S/C23H31N3O2/c1-18(20-13-9-6-10-14-20)24-21(27)15-16-26(22(28)25-23(2,3)4)17-19-11-7-5-8-12-19/h5-14,18H,15-17H2,1-4H3,(H,24,27)(H,25,28). The Kier molecular flexibility index (Phi) is 7.61. The fourth-order valence-electron chi connectivity index (χ4n) is 2.83. The average Bonchev–Trinajstić information content (AvgIpc) is 2.65. The first-order valence-electron chi connectivity index (χ1n) is 9.70. The van der Waals surface area contributed by atoms with E-state index in [1.165, 1.54) is 0 Å². The molecule has 0 radical (unpaired) electrons. The molecular weight excluding hydrogens is 350 g/mol. The van der Waals surface area contributed by atoms with Crippen LogP contribution >= 0.6 is 0 Å². The van der Waals surface area contributed by atoms with Crippen LogP contribution in [0.3, 0.4) is 0 Å². The van der Waals surface area contributed by atoms with Gasteiger partial charge in [0.25, 0.3) is 0 Å². The Morgan fingerprint density at radius 3 is 2.11 bits per heavy atom. The summed E-state index contributed by atoms with van der Waals surface area (Å²) in [4.78, 5) is 26.8. The molecular formula is C23H31N3O2. The van der Waals surface area contributed by atoms with Crippen LogP contribution in [0.1, 0.15) is 51.3 Å². The second kappa shape index (κ2) is 9.93. The number of nitrogens with zero attached hydrogens (tertiary/aromatic N) is 1. The summed E-state index contributed by atoms with van der Waals surface area (Å²) < 4.78 is 0. The third-order valence-electron chi connectivity index (χ3n) is 4.27. The molecule has 5 nitrogen and oxygen atoms in total. The van der Waals surface area contributed by atoms with E-state index >= 15 is 0 Å². The summed E-state index contributed by atoms with van der Waals surface area (Å²) in [6.45, 7) is 8.61. The molecule has 1 unspecified atom stereocenters. The van der Waals surface area contributed by atoms with E-state index < -0.39 is 0 Å². The molecule has 1 atom stereocenters. The van der Waals surface area contributed by atoms with E-state index in [0.29, 0.717) is 13.1 Å². The fourth-order valence-corrected chi connectivity index (χ4v) is 2.83. The van der Waals surface area contributed by atoms with Crippen molar-refractivity contribution in [2.75, 3.05) is 6.54 Å². The number of hydrogen-bond acceptors (Lipinski definition) is 2. The molecule has 3 amide bonds. The molecule has 0 fully saturated rings. The summed E-state index contributed by atoms with van der Waals surface area (Å²) in [6, 6.07) is 19.4. The average molecular weight is 382 g/mol. The number of urea groups is 1. The molecule has 0 aliphatic carbocycles. The topological polar surface area (TPSA) is 61.4 Å². The number of amides is 3. The smallest absolute Gasteiger partial charge is 0.318 e. The summed E-state index contributed by atoms with van der Waals surface area (Å²) in [5.41, 5.74) is 1.75. The highest BCUT2D eigenvalue weighted by molar-refractivity contribution is 5.78. The van der Waals surface area contributed by atoms with Crippen molar-refractivity contribution in [3.05, 3.63) is 71.8 Å². The van der Waals surface area contributed by atoms with Gasteiger partial charge in [-0.25, -0.2) is 4.79 Å². The molecule has 2 N–H and O–H groups in total. The minimum Gasteiger partial charge on any atom is -0.350 e. The Morgan fingerprint density at radius 1 is 0.964 bits per heavy atom. The Morgan fingerprint density at radius 2 is 1.54 bits per heavy atom. The molecule has 0 aliphatic rings. The van der Waals surface area contributed by atoms with Crippen LogP contribution in [-0.4, -0.2) is 28.9 Å². The Labute approximate surface area is 168 Å². The van der Waals surface area contributed by atoms with Gasteiger partial charge in [0.1, 0.15) is 0 Å². The summed E-state index contributed by atoms with van der Waals surface area (Å²) >= 11 is 0. The zero-order valence-corrected chi connectivity index (χ0v) is 17.2.